The molecule has 0 atom stereocenters. The first-order valence-electron chi connectivity index (χ1n) is 11.1. The maximum absolute atomic E-state index is 13.3. The topological polar surface area (TPSA) is 45.6 Å². The second-order valence-corrected chi connectivity index (χ2v) is 9.54. The van der Waals surface area contributed by atoms with Crippen LogP contribution in [-0.4, -0.2) is 41.6 Å². The molecule has 2 aromatic heterocycles. The zero-order valence-electron chi connectivity index (χ0n) is 18.7. The fourth-order valence-electron chi connectivity index (χ4n) is 4.79. The summed E-state index contributed by atoms with van der Waals surface area (Å²) in [4.78, 5) is 31.3. The van der Waals surface area contributed by atoms with Crippen LogP contribution in [0.1, 0.15) is 27.7 Å². The Morgan fingerprint density at radius 1 is 0.969 bits per heavy atom. The van der Waals surface area contributed by atoms with E-state index in [1.807, 2.05) is 36.1 Å². The second-order valence-electron chi connectivity index (χ2n) is 8.49. The molecule has 2 aromatic carbocycles. The lowest BCUT2D eigenvalue weighted by Crippen LogP contribution is -2.48. The number of hydrogen-bond acceptors (Lipinski definition) is 4. The van der Waals surface area contributed by atoms with Crippen molar-refractivity contribution in [3.8, 4) is 0 Å². The molecule has 1 aliphatic rings. The van der Waals surface area contributed by atoms with E-state index in [4.69, 9.17) is 0 Å². The van der Waals surface area contributed by atoms with Crippen molar-refractivity contribution in [2.24, 2.45) is 0 Å². The minimum atomic E-state index is -0.0174. The number of fused-ring (bicyclic) bond motifs is 3. The Labute approximate surface area is 191 Å². The minimum absolute atomic E-state index is 0.0174. The molecule has 5 rings (SSSR count). The van der Waals surface area contributed by atoms with Gasteiger partial charge in [-0.1, -0.05) is 35.9 Å². The summed E-state index contributed by atoms with van der Waals surface area (Å²) >= 11 is 1.44. The third kappa shape index (κ3) is 3.39. The minimum Gasteiger partial charge on any atom is -0.368 e. The smallest absolute Gasteiger partial charge is 0.264 e. The van der Waals surface area contributed by atoms with Crippen LogP contribution in [0.5, 0.6) is 0 Å². The summed E-state index contributed by atoms with van der Waals surface area (Å²) in [5, 5.41) is 1.68. The van der Waals surface area contributed by atoms with Gasteiger partial charge in [0.05, 0.1) is 15.8 Å². The number of pyridine rings is 1. The van der Waals surface area contributed by atoms with E-state index < -0.39 is 0 Å². The van der Waals surface area contributed by atoms with Crippen LogP contribution < -0.4 is 10.5 Å². The summed E-state index contributed by atoms with van der Waals surface area (Å²) in [6.45, 7) is 9.82. The van der Waals surface area contributed by atoms with Crippen LogP contribution in [0.4, 0.5) is 5.69 Å². The van der Waals surface area contributed by atoms with Crippen LogP contribution in [0.25, 0.3) is 21.0 Å². The number of hydrogen-bond donors (Lipinski definition) is 0. The lowest BCUT2D eigenvalue weighted by molar-refractivity contribution is 0.0751. The SMILES string of the molecule is CCn1c(=O)c2cc(C(=O)N3CCN(c4ccc(C)cc4C)CC3)sc2c2ccccc21. The molecule has 3 heterocycles. The van der Waals surface area contributed by atoms with E-state index in [-0.39, 0.29) is 11.5 Å². The number of para-hydroxylation sites is 1. The number of carbonyl (C=O) groups is 1. The van der Waals surface area contributed by atoms with E-state index in [9.17, 15) is 9.59 Å². The number of aromatic nitrogens is 1. The zero-order chi connectivity index (χ0) is 22.4. The van der Waals surface area contributed by atoms with E-state index in [1.54, 1.807) is 10.6 Å². The largest absolute Gasteiger partial charge is 0.368 e. The molecule has 1 amide bonds. The predicted octanol–water partition coefficient (Wildman–Crippen LogP) is 4.82. The van der Waals surface area contributed by atoms with Crippen molar-refractivity contribution >= 4 is 43.9 Å². The van der Waals surface area contributed by atoms with E-state index in [0.717, 1.165) is 28.7 Å². The number of amides is 1. The molecule has 0 bridgehead atoms. The van der Waals surface area contributed by atoms with Crippen molar-refractivity contribution in [1.82, 2.24) is 9.47 Å². The summed E-state index contributed by atoms with van der Waals surface area (Å²) in [6, 6.07) is 16.3. The van der Waals surface area contributed by atoms with Gasteiger partial charge in [0, 0.05) is 48.5 Å². The highest BCUT2D eigenvalue weighted by atomic mass is 32.1. The van der Waals surface area contributed by atoms with E-state index in [0.29, 0.717) is 29.9 Å². The van der Waals surface area contributed by atoms with Crippen molar-refractivity contribution in [1.29, 1.82) is 0 Å². The van der Waals surface area contributed by atoms with Crippen LogP contribution in [-0.2, 0) is 6.54 Å². The third-order valence-corrected chi connectivity index (χ3v) is 7.59. The van der Waals surface area contributed by atoms with Crippen LogP contribution in [0, 0.1) is 13.8 Å². The monoisotopic (exact) mass is 445 g/mol. The van der Waals surface area contributed by atoms with E-state index in [1.165, 1.54) is 28.2 Å². The summed E-state index contributed by atoms with van der Waals surface area (Å²) < 4.78 is 2.70. The number of rotatable bonds is 3. The number of piperazine rings is 1. The molecule has 32 heavy (non-hydrogen) atoms. The van der Waals surface area contributed by atoms with Gasteiger partial charge in [-0.25, -0.2) is 0 Å². The molecule has 0 aliphatic carbocycles. The molecule has 164 valence electrons. The number of carbonyl (C=O) groups excluding carboxylic acids is 1. The van der Waals surface area contributed by atoms with Gasteiger partial charge in [-0.3, -0.25) is 9.59 Å². The fourth-order valence-corrected chi connectivity index (χ4v) is 5.94. The van der Waals surface area contributed by atoms with Crippen molar-refractivity contribution < 1.29 is 4.79 Å². The third-order valence-electron chi connectivity index (χ3n) is 6.43. The average Bonchev–Trinajstić information content (AvgIpc) is 3.25. The average molecular weight is 446 g/mol. The Morgan fingerprint density at radius 3 is 2.44 bits per heavy atom. The molecule has 0 saturated carbocycles. The first-order chi connectivity index (χ1) is 15.5. The number of nitrogens with zero attached hydrogens (tertiary/aromatic N) is 3. The highest BCUT2D eigenvalue weighted by Gasteiger charge is 2.25. The summed E-state index contributed by atoms with van der Waals surface area (Å²) in [5.41, 5.74) is 4.69. The fraction of sp³-hybridized carbons (Fsp3) is 0.308. The standard InChI is InChI=1S/C26H27N3O2S/c1-4-29-22-8-6-5-7-19(22)24-20(25(29)30)16-23(32-24)26(31)28-13-11-27(12-14-28)21-10-9-17(2)15-18(21)3/h5-10,15-16H,4,11-14H2,1-3H3. The molecular weight excluding hydrogens is 418 g/mol. The number of thiophene rings is 1. The van der Waals surface area contributed by atoms with Gasteiger partial charge in [0.25, 0.3) is 11.5 Å². The molecule has 5 nitrogen and oxygen atoms in total. The Bertz CT molecular complexity index is 1390. The molecule has 0 spiro atoms. The van der Waals surface area contributed by atoms with E-state index in [2.05, 4.69) is 36.9 Å². The predicted molar refractivity (Wildman–Crippen MR) is 133 cm³/mol. The normalized spacial score (nSPS) is 14.5. The number of anilines is 1. The van der Waals surface area contributed by atoms with Gasteiger partial charge in [0.15, 0.2) is 0 Å². The van der Waals surface area contributed by atoms with Gasteiger partial charge in [-0.05, 0) is 44.5 Å². The molecule has 1 aliphatic heterocycles. The Hall–Kier alpha value is -3.12. The maximum Gasteiger partial charge on any atom is 0.264 e. The Kier molecular flexibility index (Phi) is 5.25. The highest BCUT2D eigenvalue weighted by molar-refractivity contribution is 7.21. The molecular formula is C26H27N3O2S. The molecule has 0 radical (unpaired) electrons. The van der Waals surface area contributed by atoms with Crippen LogP contribution >= 0.6 is 11.3 Å². The molecule has 4 aromatic rings. The van der Waals surface area contributed by atoms with Gasteiger partial charge in [-0.15, -0.1) is 11.3 Å². The molecule has 6 heteroatoms. The summed E-state index contributed by atoms with van der Waals surface area (Å²) in [6.07, 6.45) is 0. The number of aryl methyl sites for hydroxylation is 3. The van der Waals surface area contributed by atoms with E-state index >= 15 is 0 Å². The van der Waals surface area contributed by atoms with Gasteiger partial charge in [0.1, 0.15) is 0 Å². The van der Waals surface area contributed by atoms with Crippen LogP contribution in [0.2, 0.25) is 0 Å². The van der Waals surface area contributed by atoms with Gasteiger partial charge < -0.3 is 14.4 Å². The van der Waals surface area contributed by atoms with Gasteiger partial charge >= 0.3 is 0 Å². The highest BCUT2D eigenvalue weighted by Crippen LogP contribution is 2.31. The first kappa shape index (κ1) is 20.8. The van der Waals surface area contributed by atoms with Gasteiger partial charge in [-0.2, -0.15) is 0 Å². The Balaban J connectivity index is 1.43. The van der Waals surface area contributed by atoms with Crippen molar-refractivity contribution in [3.63, 3.8) is 0 Å². The van der Waals surface area contributed by atoms with Gasteiger partial charge in [0.2, 0.25) is 0 Å². The number of benzene rings is 2. The first-order valence-corrected chi connectivity index (χ1v) is 12.0. The Morgan fingerprint density at radius 2 is 1.72 bits per heavy atom. The quantitative estimate of drug-likeness (QED) is 0.454. The van der Waals surface area contributed by atoms with Crippen LogP contribution in [0.3, 0.4) is 0 Å². The van der Waals surface area contributed by atoms with Crippen molar-refractivity contribution in [2.45, 2.75) is 27.3 Å². The molecule has 1 saturated heterocycles. The second kappa shape index (κ2) is 8.10. The molecule has 0 N–H and O–H groups in total. The molecule has 1 fully saturated rings. The van der Waals surface area contributed by atoms with Crippen LogP contribution in [0.15, 0.2) is 53.3 Å². The van der Waals surface area contributed by atoms with Crippen molar-refractivity contribution in [3.05, 3.63) is 74.9 Å². The summed E-state index contributed by atoms with van der Waals surface area (Å²) in [5.74, 6) is 0.0259. The summed E-state index contributed by atoms with van der Waals surface area (Å²) in [7, 11) is 0. The molecule has 0 unspecified atom stereocenters. The maximum atomic E-state index is 13.3. The lowest BCUT2D eigenvalue weighted by Gasteiger charge is -2.36. The van der Waals surface area contributed by atoms with Crippen molar-refractivity contribution in [2.75, 3.05) is 31.1 Å². The lowest BCUT2D eigenvalue weighted by atomic mass is 10.1. The zero-order valence-corrected chi connectivity index (χ0v) is 19.5.